The number of carbonyl (C=O) groups is 1. The van der Waals surface area contributed by atoms with Gasteiger partial charge >= 0.3 is 5.97 Å². The van der Waals surface area contributed by atoms with Crippen molar-refractivity contribution in [1.82, 2.24) is 0 Å². The molecule has 100 valence electrons. The van der Waals surface area contributed by atoms with Crippen LogP contribution >= 0.6 is 0 Å². The second kappa shape index (κ2) is 6.24. The van der Waals surface area contributed by atoms with E-state index in [1.807, 2.05) is 0 Å². The molecule has 0 saturated heterocycles. The Balaban J connectivity index is 5.20. The van der Waals surface area contributed by atoms with Crippen LogP contribution in [-0.2, 0) is 14.0 Å². The van der Waals surface area contributed by atoms with Crippen molar-refractivity contribution in [2.24, 2.45) is 0 Å². The molecule has 0 radical (unpaired) electrons. The van der Waals surface area contributed by atoms with Crippen LogP contribution in [0.5, 0.6) is 0 Å². The molecule has 0 fully saturated rings. The first-order valence-electron chi connectivity index (χ1n) is 6.16. The van der Waals surface area contributed by atoms with Crippen LogP contribution < -0.4 is 0 Å². The van der Waals surface area contributed by atoms with Crippen LogP contribution in [0.25, 0.3) is 0 Å². The van der Waals surface area contributed by atoms with E-state index < -0.39 is 14.3 Å². The van der Waals surface area contributed by atoms with E-state index in [1.54, 1.807) is 0 Å². The fourth-order valence-electron chi connectivity index (χ4n) is 2.72. The molecule has 4 heteroatoms. The molecule has 0 atom stereocenters. The van der Waals surface area contributed by atoms with Crippen molar-refractivity contribution in [2.75, 3.05) is 7.11 Å². The maximum Gasteiger partial charge on any atom is 0.371 e. The minimum atomic E-state index is -2.07. The fourth-order valence-corrected chi connectivity index (χ4v) is 7.94. The SMILES string of the molecule is C=C(O[Si](C(C)C)(C(C)C)C(C)C)C(=O)OC. The Bertz CT molecular complexity index is 261. The molecular formula is C13H26O3Si. The van der Waals surface area contributed by atoms with Crippen LogP contribution in [0.3, 0.4) is 0 Å². The summed E-state index contributed by atoms with van der Waals surface area (Å²) in [6, 6.07) is 0. The van der Waals surface area contributed by atoms with Gasteiger partial charge in [-0.2, -0.15) is 0 Å². The molecule has 0 heterocycles. The first kappa shape index (κ1) is 16.2. The van der Waals surface area contributed by atoms with E-state index in [2.05, 4.69) is 52.9 Å². The van der Waals surface area contributed by atoms with Crippen molar-refractivity contribution in [1.29, 1.82) is 0 Å². The number of rotatable bonds is 6. The standard InChI is InChI=1S/C13H26O3Si/c1-9(2)17(10(3)4,11(5)6)16-12(7)13(14)15-8/h9-11H,7H2,1-6,8H3. The van der Waals surface area contributed by atoms with Crippen LogP contribution in [-0.4, -0.2) is 21.4 Å². The van der Waals surface area contributed by atoms with E-state index >= 15 is 0 Å². The Morgan fingerprint density at radius 1 is 1.00 bits per heavy atom. The summed E-state index contributed by atoms with van der Waals surface area (Å²) in [6.07, 6.45) is 0. The Morgan fingerprint density at radius 3 is 1.59 bits per heavy atom. The lowest BCUT2D eigenvalue weighted by Crippen LogP contribution is -2.48. The maximum atomic E-state index is 11.4. The number of methoxy groups -OCH3 is 1. The topological polar surface area (TPSA) is 35.5 Å². The Labute approximate surface area is 106 Å². The molecule has 0 aromatic carbocycles. The minimum absolute atomic E-state index is 0.148. The molecule has 0 spiro atoms. The summed E-state index contributed by atoms with van der Waals surface area (Å²) in [5.74, 6) is -0.320. The van der Waals surface area contributed by atoms with Crippen LogP contribution in [0.15, 0.2) is 12.3 Å². The number of carbonyl (C=O) groups excluding carboxylic acids is 1. The summed E-state index contributed by atoms with van der Waals surface area (Å²) in [6.45, 7) is 16.7. The lowest BCUT2D eigenvalue weighted by Gasteiger charge is -2.42. The van der Waals surface area contributed by atoms with Crippen molar-refractivity contribution < 1.29 is 14.0 Å². The summed E-state index contributed by atoms with van der Waals surface area (Å²) in [7, 11) is -0.723. The fraction of sp³-hybridized carbons (Fsp3) is 0.769. The minimum Gasteiger partial charge on any atom is -0.538 e. The third-order valence-electron chi connectivity index (χ3n) is 3.42. The van der Waals surface area contributed by atoms with E-state index in [-0.39, 0.29) is 5.76 Å². The smallest absolute Gasteiger partial charge is 0.371 e. The molecule has 0 amide bonds. The van der Waals surface area contributed by atoms with Crippen molar-refractivity contribution in [2.45, 2.75) is 58.2 Å². The van der Waals surface area contributed by atoms with Crippen LogP contribution in [0.2, 0.25) is 16.6 Å². The van der Waals surface area contributed by atoms with Gasteiger partial charge in [-0.25, -0.2) is 4.79 Å². The monoisotopic (exact) mass is 258 g/mol. The predicted octanol–water partition coefficient (Wildman–Crippen LogP) is 3.87. The largest absolute Gasteiger partial charge is 0.538 e. The van der Waals surface area contributed by atoms with Gasteiger partial charge in [0.15, 0.2) is 5.76 Å². The van der Waals surface area contributed by atoms with E-state index in [4.69, 9.17) is 4.43 Å². The van der Waals surface area contributed by atoms with E-state index in [9.17, 15) is 4.79 Å². The summed E-state index contributed by atoms with van der Waals surface area (Å²) >= 11 is 0. The number of hydrogen-bond acceptors (Lipinski definition) is 3. The first-order valence-corrected chi connectivity index (χ1v) is 8.30. The lowest BCUT2D eigenvalue weighted by atomic mass is 10.5. The normalized spacial score (nSPS) is 12.1. The molecule has 0 bridgehead atoms. The molecule has 0 aromatic heterocycles. The third-order valence-corrected chi connectivity index (χ3v) is 9.43. The molecule has 3 nitrogen and oxygen atoms in total. The van der Waals surface area contributed by atoms with Gasteiger partial charge in [0.2, 0.25) is 0 Å². The molecule has 0 unspecified atom stereocenters. The highest BCUT2D eigenvalue weighted by molar-refractivity contribution is 6.78. The van der Waals surface area contributed by atoms with Crippen LogP contribution in [0.1, 0.15) is 41.5 Å². The van der Waals surface area contributed by atoms with E-state index in [0.717, 1.165) is 0 Å². The zero-order valence-corrected chi connectivity index (χ0v) is 13.2. The highest BCUT2D eigenvalue weighted by Gasteiger charge is 2.47. The molecule has 0 N–H and O–H groups in total. The zero-order valence-electron chi connectivity index (χ0n) is 12.2. The second-order valence-electron chi connectivity index (χ2n) is 5.33. The molecule has 0 aliphatic carbocycles. The van der Waals surface area contributed by atoms with Gasteiger partial charge in [0.25, 0.3) is 8.32 Å². The summed E-state index contributed by atoms with van der Waals surface area (Å²) in [5.41, 5.74) is 1.26. The second-order valence-corrected chi connectivity index (χ2v) is 10.7. The molecule has 0 aliphatic rings. The van der Waals surface area contributed by atoms with Gasteiger partial charge in [-0.3, -0.25) is 0 Å². The van der Waals surface area contributed by atoms with Crippen LogP contribution in [0, 0.1) is 0 Å². The van der Waals surface area contributed by atoms with Crippen molar-refractivity contribution >= 4 is 14.3 Å². The van der Waals surface area contributed by atoms with Gasteiger partial charge in [-0.1, -0.05) is 48.1 Å². The maximum absolute atomic E-state index is 11.4. The van der Waals surface area contributed by atoms with Crippen molar-refractivity contribution in [3.05, 3.63) is 12.3 Å². The predicted molar refractivity (Wildman–Crippen MR) is 73.3 cm³/mol. The van der Waals surface area contributed by atoms with Gasteiger partial charge < -0.3 is 9.16 Å². The average Bonchev–Trinajstić information content (AvgIpc) is 2.22. The Hall–Kier alpha value is -0.773. The molecule has 0 saturated carbocycles. The number of hydrogen-bond donors (Lipinski definition) is 0. The average molecular weight is 258 g/mol. The highest BCUT2D eigenvalue weighted by Crippen LogP contribution is 2.43. The first-order chi connectivity index (χ1) is 7.70. The molecule has 17 heavy (non-hydrogen) atoms. The van der Waals surface area contributed by atoms with Gasteiger partial charge in [0.05, 0.1) is 7.11 Å². The van der Waals surface area contributed by atoms with E-state index in [1.165, 1.54) is 7.11 Å². The van der Waals surface area contributed by atoms with Crippen LogP contribution in [0.4, 0.5) is 0 Å². The molecule has 0 aromatic rings. The van der Waals surface area contributed by atoms with Gasteiger partial charge in [0.1, 0.15) is 0 Å². The Kier molecular flexibility index (Phi) is 5.95. The Morgan fingerprint density at radius 2 is 1.35 bits per heavy atom. The molecular weight excluding hydrogens is 232 g/mol. The van der Waals surface area contributed by atoms with Crippen molar-refractivity contribution in [3.63, 3.8) is 0 Å². The van der Waals surface area contributed by atoms with Gasteiger partial charge in [0, 0.05) is 0 Å². The highest BCUT2D eigenvalue weighted by atomic mass is 28.4. The van der Waals surface area contributed by atoms with Gasteiger partial charge in [-0.05, 0) is 16.6 Å². The summed E-state index contributed by atoms with van der Waals surface area (Å²) in [5, 5.41) is 0. The van der Waals surface area contributed by atoms with E-state index in [0.29, 0.717) is 16.6 Å². The summed E-state index contributed by atoms with van der Waals surface area (Å²) in [4.78, 5) is 11.4. The zero-order chi connectivity index (χ0) is 13.8. The molecule has 0 aliphatic heterocycles. The van der Waals surface area contributed by atoms with Gasteiger partial charge in [-0.15, -0.1) is 0 Å². The quantitative estimate of drug-likeness (QED) is 0.314. The third kappa shape index (κ3) is 3.34. The van der Waals surface area contributed by atoms with Crippen molar-refractivity contribution in [3.8, 4) is 0 Å². The summed E-state index contributed by atoms with van der Waals surface area (Å²) < 4.78 is 10.7. The number of esters is 1. The molecule has 0 rings (SSSR count). The lowest BCUT2D eigenvalue weighted by molar-refractivity contribution is -0.138. The number of ether oxygens (including phenoxy) is 1.